The Labute approximate surface area is 332 Å². The van der Waals surface area contributed by atoms with Crippen molar-refractivity contribution in [2.75, 3.05) is 72.6 Å². The van der Waals surface area contributed by atoms with Gasteiger partial charge in [-0.2, -0.15) is 0 Å². The van der Waals surface area contributed by atoms with E-state index in [1.54, 1.807) is 28.9 Å². The number of rotatable bonds is 14. The van der Waals surface area contributed by atoms with Crippen LogP contribution in [0.4, 0.5) is 4.79 Å². The first kappa shape index (κ1) is 41.6. The highest BCUT2D eigenvalue weighted by Gasteiger charge is 2.37. The van der Waals surface area contributed by atoms with Gasteiger partial charge in [0.15, 0.2) is 6.61 Å². The van der Waals surface area contributed by atoms with Crippen molar-refractivity contribution in [2.24, 2.45) is 5.41 Å². The molecule has 17 nitrogen and oxygen atoms in total. The van der Waals surface area contributed by atoms with E-state index in [2.05, 4.69) is 15.6 Å². The molecule has 3 saturated heterocycles. The number of aryl methyl sites for hydroxylation is 1. The molecule has 4 fully saturated rings. The number of benzene rings is 1. The minimum atomic E-state index is -1.14. The zero-order valence-corrected chi connectivity index (χ0v) is 33.0. The Hall–Kier alpha value is -5.03. The number of ether oxygens (including phenoxy) is 5. The third kappa shape index (κ3) is 10.7. The molecule has 0 radical (unpaired) electrons. The van der Waals surface area contributed by atoms with Crippen molar-refractivity contribution >= 4 is 46.6 Å². The second-order valence-corrected chi connectivity index (χ2v) is 15.6. The van der Waals surface area contributed by atoms with Crippen molar-refractivity contribution in [2.45, 2.75) is 83.8 Å². The minimum Gasteiger partial charge on any atom is -0.483 e. The van der Waals surface area contributed by atoms with Gasteiger partial charge >= 0.3 is 12.1 Å². The van der Waals surface area contributed by atoms with Crippen LogP contribution in [0.15, 0.2) is 24.3 Å². The number of likely N-dealkylation sites (tertiary alicyclic amines) is 1. The van der Waals surface area contributed by atoms with E-state index in [9.17, 15) is 28.8 Å². The zero-order valence-electron chi connectivity index (χ0n) is 33.0. The van der Waals surface area contributed by atoms with Crippen LogP contribution in [0.25, 0.3) is 10.9 Å². The summed E-state index contributed by atoms with van der Waals surface area (Å²) in [5.74, 6) is -1.93. The first-order valence-electron chi connectivity index (χ1n) is 19.9. The number of amides is 5. The second-order valence-electron chi connectivity index (χ2n) is 15.6. The number of carbonyl (C=O) groups excluding carboxylic acids is 6. The topological polar surface area (TPSA) is 195 Å². The fraction of sp³-hybridized carbons (Fsp3) is 0.625. The van der Waals surface area contributed by atoms with Crippen LogP contribution in [0.2, 0.25) is 0 Å². The highest BCUT2D eigenvalue weighted by Crippen LogP contribution is 2.28. The number of nitrogens with zero attached hydrogens (tertiary/aromatic N) is 4. The number of pyridine rings is 1. The van der Waals surface area contributed by atoms with Gasteiger partial charge in [0.1, 0.15) is 36.9 Å². The molecular weight excluding hydrogens is 740 g/mol. The van der Waals surface area contributed by atoms with Crippen LogP contribution in [0.1, 0.15) is 74.8 Å². The van der Waals surface area contributed by atoms with Crippen LogP contribution in [0.5, 0.6) is 5.75 Å². The van der Waals surface area contributed by atoms with Crippen LogP contribution >= 0.6 is 0 Å². The zero-order chi connectivity index (χ0) is 40.5. The summed E-state index contributed by atoms with van der Waals surface area (Å²) in [5.41, 5.74) is 0.739. The Balaban J connectivity index is 1.15. The number of aromatic nitrogens is 1. The van der Waals surface area contributed by atoms with Gasteiger partial charge in [-0.25, -0.2) is 9.78 Å². The van der Waals surface area contributed by atoms with Crippen molar-refractivity contribution < 1.29 is 52.5 Å². The lowest BCUT2D eigenvalue weighted by atomic mass is 9.93. The van der Waals surface area contributed by atoms with Gasteiger partial charge in [-0.05, 0) is 70.1 Å². The van der Waals surface area contributed by atoms with Gasteiger partial charge in [-0.3, -0.25) is 24.0 Å². The van der Waals surface area contributed by atoms with E-state index in [1.165, 1.54) is 11.0 Å². The Kier molecular flexibility index (Phi) is 13.8. The van der Waals surface area contributed by atoms with E-state index < -0.39 is 41.4 Å². The van der Waals surface area contributed by atoms with Crippen LogP contribution in [0, 0.1) is 12.3 Å². The smallest absolute Gasteiger partial charge is 0.409 e. The molecule has 1 saturated carbocycles. The van der Waals surface area contributed by atoms with Crippen molar-refractivity contribution in [1.29, 1.82) is 0 Å². The molecule has 2 N–H and O–H groups in total. The molecule has 57 heavy (non-hydrogen) atoms. The van der Waals surface area contributed by atoms with E-state index in [0.717, 1.165) is 24.8 Å². The molecule has 2 atom stereocenters. The SMILES string of the molecule is CCOC(=O)N1CCN(C(=O)C(CCC(=O)OCC2(C)COCOC2)NC(=O)c2cc(OCC(=O)N3CCCC3C(=O)NC3CCC3)c3ccc(C)cc3n2)CC1. The first-order valence-corrected chi connectivity index (χ1v) is 19.9. The Morgan fingerprint density at radius 1 is 0.947 bits per heavy atom. The lowest BCUT2D eigenvalue weighted by Gasteiger charge is -2.36. The second kappa shape index (κ2) is 18.9. The molecule has 2 unspecified atom stereocenters. The molecule has 6 rings (SSSR count). The molecule has 4 heterocycles. The van der Waals surface area contributed by atoms with E-state index >= 15 is 0 Å². The van der Waals surface area contributed by atoms with E-state index in [-0.39, 0.29) is 94.9 Å². The van der Waals surface area contributed by atoms with Crippen molar-refractivity contribution in [3.8, 4) is 5.75 Å². The number of esters is 1. The summed E-state index contributed by atoms with van der Waals surface area (Å²) in [5, 5.41) is 6.41. The highest BCUT2D eigenvalue weighted by atomic mass is 16.7. The maximum atomic E-state index is 14.0. The lowest BCUT2D eigenvalue weighted by Crippen LogP contribution is -2.56. The highest BCUT2D eigenvalue weighted by molar-refractivity contribution is 5.99. The number of nitrogens with one attached hydrogen (secondary N) is 2. The van der Waals surface area contributed by atoms with Crippen LogP contribution in [-0.2, 0) is 38.1 Å². The van der Waals surface area contributed by atoms with Crippen molar-refractivity contribution in [3.63, 3.8) is 0 Å². The Bertz CT molecular complexity index is 1810. The van der Waals surface area contributed by atoms with Crippen LogP contribution in [-0.4, -0.2) is 146 Å². The molecule has 17 heteroatoms. The van der Waals surface area contributed by atoms with Gasteiger partial charge in [0.25, 0.3) is 11.8 Å². The molecule has 1 aromatic heterocycles. The number of carbonyl (C=O) groups is 6. The largest absolute Gasteiger partial charge is 0.483 e. The van der Waals surface area contributed by atoms with Gasteiger partial charge in [0, 0.05) is 62.1 Å². The van der Waals surface area contributed by atoms with Crippen LogP contribution in [0.3, 0.4) is 0 Å². The van der Waals surface area contributed by atoms with Gasteiger partial charge in [-0.15, -0.1) is 0 Å². The van der Waals surface area contributed by atoms with E-state index in [1.807, 2.05) is 19.9 Å². The van der Waals surface area contributed by atoms with Gasteiger partial charge in [0.05, 0.1) is 25.3 Å². The third-order valence-electron chi connectivity index (χ3n) is 10.8. The van der Waals surface area contributed by atoms with E-state index in [4.69, 9.17) is 23.7 Å². The van der Waals surface area contributed by atoms with Gasteiger partial charge < -0.3 is 49.0 Å². The molecule has 2 aromatic rings. The molecule has 0 bridgehead atoms. The average molecular weight is 795 g/mol. The predicted molar refractivity (Wildman–Crippen MR) is 204 cm³/mol. The summed E-state index contributed by atoms with van der Waals surface area (Å²) in [7, 11) is 0. The summed E-state index contributed by atoms with van der Waals surface area (Å²) in [4.78, 5) is 88.9. The Morgan fingerprint density at radius 2 is 1.68 bits per heavy atom. The van der Waals surface area contributed by atoms with Crippen LogP contribution < -0.4 is 15.4 Å². The summed E-state index contributed by atoms with van der Waals surface area (Å²) < 4.78 is 27.5. The number of fused-ring (bicyclic) bond motifs is 1. The normalized spacial score (nSPS) is 20.0. The number of hydrogen-bond acceptors (Lipinski definition) is 12. The monoisotopic (exact) mass is 794 g/mol. The standard InChI is InChI=1S/C40H54N6O11/c1-4-55-39(52)45-17-15-44(16-18-45)38(51)29(12-13-35(48)57-24-40(3)22-53-25-54-23-40)43-36(49)31-20-33(28-11-10-26(2)19-30(28)42-31)56-21-34(47)46-14-6-9-32(46)37(50)41-27-7-5-8-27/h10-11,19-20,27,29,32H,4-9,12-18,21-25H2,1-3H3,(H,41,50)(H,43,49). The molecular formula is C40H54N6O11. The molecule has 4 aliphatic rings. The minimum absolute atomic E-state index is 0.0599. The molecule has 1 aliphatic carbocycles. The maximum absolute atomic E-state index is 14.0. The lowest BCUT2D eigenvalue weighted by molar-refractivity contribution is -0.181. The quantitative estimate of drug-likeness (QED) is 0.266. The number of hydrogen-bond donors (Lipinski definition) is 2. The van der Waals surface area contributed by atoms with Gasteiger partial charge in [0.2, 0.25) is 11.8 Å². The van der Waals surface area contributed by atoms with Crippen molar-refractivity contribution in [1.82, 2.24) is 30.3 Å². The Morgan fingerprint density at radius 3 is 2.39 bits per heavy atom. The first-order chi connectivity index (χ1) is 27.4. The molecule has 0 spiro atoms. The summed E-state index contributed by atoms with van der Waals surface area (Å²) in [6.45, 7) is 7.64. The molecule has 3 aliphatic heterocycles. The number of piperazine rings is 1. The molecule has 310 valence electrons. The van der Waals surface area contributed by atoms with E-state index in [0.29, 0.717) is 43.5 Å². The fourth-order valence-corrected chi connectivity index (χ4v) is 7.34. The fourth-order valence-electron chi connectivity index (χ4n) is 7.34. The predicted octanol–water partition coefficient (Wildman–Crippen LogP) is 2.31. The van der Waals surface area contributed by atoms with Crippen molar-refractivity contribution in [3.05, 3.63) is 35.5 Å². The summed E-state index contributed by atoms with van der Waals surface area (Å²) in [6.07, 6.45) is 3.55. The summed E-state index contributed by atoms with van der Waals surface area (Å²) >= 11 is 0. The van der Waals surface area contributed by atoms with Gasteiger partial charge in [-0.1, -0.05) is 13.0 Å². The maximum Gasteiger partial charge on any atom is 0.409 e. The molecule has 5 amide bonds. The average Bonchev–Trinajstić information content (AvgIpc) is 3.69. The summed E-state index contributed by atoms with van der Waals surface area (Å²) in [6, 6.07) is 5.33. The third-order valence-corrected chi connectivity index (χ3v) is 10.8. The molecule has 1 aromatic carbocycles.